The third-order valence-corrected chi connectivity index (χ3v) is 4.04. The Morgan fingerprint density at radius 2 is 1.89 bits per heavy atom. The van der Waals surface area contributed by atoms with Crippen LogP contribution in [-0.2, 0) is 9.59 Å². The normalized spacial score (nSPS) is 25.3. The average Bonchev–Trinajstić information content (AvgIpc) is 2.72. The van der Waals surface area contributed by atoms with Gasteiger partial charge in [-0.15, -0.1) is 0 Å². The number of primary amides is 1. The minimum Gasteiger partial charge on any atom is -0.481 e. The molecule has 7 heteroatoms. The number of carbonyl (C=O) groups is 3. The Kier molecular flexibility index (Phi) is 4.52. The fourth-order valence-corrected chi connectivity index (χ4v) is 2.48. The van der Waals surface area contributed by atoms with Crippen molar-refractivity contribution in [2.45, 2.75) is 33.2 Å². The van der Waals surface area contributed by atoms with Gasteiger partial charge in [-0.3, -0.25) is 19.8 Å². The molecule has 4 N–H and O–H groups in total. The second-order valence-electron chi connectivity index (χ2n) is 5.37. The van der Waals surface area contributed by atoms with Gasteiger partial charge < -0.3 is 10.8 Å². The number of carboxylic acids is 1. The van der Waals surface area contributed by atoms with E-state index >= 15 is 0 Å². The first kappa shape index (κ1) is 15.4. The van der Waals surface area contributed by atoms with Crippen LogP contribution in [0.5, 0.6) is 0 Å². The largest absolute Gasteiger partial charge is 0.481 e. The van der Waals surface area contributed by atoms with Gasteiger partial charge in [-0.1, -0.05) is 13.8 Å². The van der Waals surface area contributed by atoms with Crippen molar-refractivity contribution >= 4 is 17.9 Å². The number of likely N-dealkylation sites (tertiary alicyclic amines) is 1. The molecule has 3 amide bonds. The minimum absolute atomic E-state index is 0.0265. The SMILES string of the molecule is CC(C(=O)NC(N)=O)N1CCC(C(=O)O)(C(C)C)C1. The van der Waals surface area contributed by atoms with E-state index in [0.29, 0.717) is 19.5 Å². The number of carbonyl (C=O) groups excluding carboxylic acids is 2. The van der Waals surface area contributed by atoms with E-state index in [0.717, 1.165) is 0 Å². The lowest BCUT2D eigenvalue weighted by atomic mass is 9.76. The van der Waals surface area contributed by atoms with Gasteiger partial charge in [0.2, 0.25) is 5.91 Å². The van der Waals surface area contributed by atoms with E-state index in [4.69, 9.17) is 5.73 Å². The molecule has 0 spiro atoms. The molecule has 108 valence electrons. The van der Waals surface area contributed by atoms with Crippen LogP contribution in [0.1, 0.15) is 27.2 Å². The summed E-state index contributed by atoms with van der Waals surface area (Å²) in [6.07, 6.45) is 0.494. The molecule has 1 aliphatic rings. The van der Waals surface area contributed by atoms with Crippen molar-refractivity contribution in [2.75, 3.05) is 13.1 Å². The van der Waals surface area contributed by atoms with Gasteiger partial charge >= 0.3 is 12.0 Å². The Hall–Kier alpha value is -1.63. The first-order valence-corrected chi connectivity index (χ1v) is 6.28. The van der Waals surface area contributed by atoms with Gasteiger partial charge in [0.25, 0.3) is 0 Å². The highest BCUT2D eigenvalue weighted by Gasteiger charge is 2.48. The Balaban J connectivity index is 2.77. The summed E-state index contributed by atoms with van der Waals surface area (Å²) in [6.45, 7) is 6.18. The molecule has 1 aliphatic heterocycles. The van der Waals surface area contributed by atoms with Crippen LogP contribution < -0.4 is 11.1 Å². The Bertz CT molecular complexity index is 396. The van der Waals surface area contributed by atoms with Crippen LogP contribution in [0.2, 0.25) is 0 Å². The van der Waals surface area contributed by atoms with E-state index < -0.39 is 29.4 Å². The number of aliphatic carboxylic acids is 1. The van der Waals surface area contributed by atoms with E-state index in [9.17, 15) is 19.5 Å². The molecule has 1 heterocycles. The predicted octanol–water partition coefficient (Wildman–Crippen LogP) is 0.00250. The molecule has 0 aromatic heterocycles. The zero-order chi connectivity index (χ0) is 14.8. The fourth-order valence-electron chi connectivity index (χ4n) is 2.48. The maximum Gasteiger partial charge on any atom is 0.318 e. The van der Waals surface area contributed by atoms with Crippen LogP contribution in [0, 0.1) is 11.3 Å². The summed E-state index contributed by atoms with van der Waals surface area (Å²) in [5, 5.41) is 11.4. The topological polar surface area (TPSA) is 113 Å². The third-order valence-electron chi connectivity index (χ3n) is 4.04. The number of rotatable bonds is 4. The number of nitrogens with zero attached hydrogens (tertiary/aromatic N) is 1. The molecule has 2 atom stereocenters. The van der Waals surface area contributed by atoms with Gasteiger partial charge in [-0.2, -0.15) is 0 Å². The molecule has 0 aromatic rings. The van der Waals surface area contributed by atoms with Crippen molar-refractivity contribution in [1.29, 1.82) is 0 Å². The first-order chi connectivity index (χ1) is 8.70. The number of hydrogen-bond acceptors (Lipinski definition) is 4. The van der Waals surface area contributed by atoms with Gasteiger partial charge in [0.1, 0.15) is 0 Å². The number of amides is 3. The highest BCUT2D eigenvalue weighted by Crippen LogP contribution is 2.38. The van der Waals surface area contributed by atoms with Crippen LogP contribution in [0.4, 0.5) is 4.79 Å². The molecule has 1 fully saturated rings. The van der Waals surface area contributed by atoms with Gasteiger partial charge in [0.05, 0.1) is 11.5 Å². The summed E-state index contributed by atoms with van der Waals surface area (Å²) in [6, 6.07) is -1.48. The summed E-state index contributed by atoms with van der Waals surface area (Å²) >= 11 is 0. The monoisotopic (exact) mass is 271 g/mol. The lowest BCUT2D eigenvalue weighted by Gasteiger charge is -2.30. The predicted molar refractivity (Wildman–Crippen MR) is 68.3 cm³/mol. The summed E-state index contributed by atoms with van der Waals surface area (Å²) in [5.41, 5.74) is 4.06. The van der Waals surface area contributed by atoms with Crippen LogP contribution in [0.15, 0.2) is 0 Å². The molecule has 0 radical (unpaired) electrons. The molecule has 7 nitrogen and oxygen atoms in total. The number of imide groups is 1. The van der Waals surface area contributed by atoms with Crippen molar-refractivity contribution in [3.05, 3.63) is 0 Å². The minimum atomic E-state index is -0.899. The van der Waals surface area contributed by atoms with Crippen LogP contribution in [-0.4, -0.2) is 47.0 Å². The van der Waals surface area contributed by atoms with E-state index in [1.807, 2.05) is 19.2 Å². The standard InChI is InChI=1S/C12H21N3O4/c1-7(2)12(10(17)18)4-5-15(6-12)8(3)9(16)14-11(13)19/h7-8H,4-6H2,1-3H3,(H,17,18)(H3,13,14,16,19). The second-order valence-corrected chi connectivity index (χ2v) is 5.37. The molecular weight excluding hydrogens is 250 g/mol. The zero-order valence-electron chi connectivity index (χ0n) is 11.5. The third kappa shape index (κ3) is 3.04. The molecule has 0 saturated carbocycles. The summed E-state index contributed by atoms with van der Waals surface area (Å²) in [7, 11) is 0. The van der Waals surface area contributed by atoms with Crippen molar-refractivity contribution < 1.29 is 19.5 Å². The van der Waals surface area contributed by atoms with Crippen molar-refractivity contribution in [2.24, 2.45) is 17.1 Å². The number of nitrogens with two attached hydrogens (primary N) is 1. The van der Waals surface area contributed by atoms with E-state index in [2.05, 4.69) is 0 Å². The first-order valence-electron chi connectivity index (χ1n) is 6.28. The van der Waals surface area contributed by atoms with Gasteiger partial charge in [0.15, 0.2) is 0 Å². The van der Waals surface area contributed by atoms with Crippen LogP contribution in [0.25, 0.3) is 0 Å². The smallest absolute Gasteiger partial charge is 0.318 e. The lowest BCUT2D eigenvalue weighted by Crippen LogP contribution is -2.49. The van der Waals surface area contributed by atoms with Crippen LogP contribution >= 0.6 is 0 Å². The summed E-state index contributed by atoms with van der Waals surface area (Å²) in [4.78, 5) is 35.6. The van der Waals surface area contributed by atoms with E-state index in [-0.39, 0.29) is 5.92 Å². The molecule has 0 aromatic carbocycles. The number of hydrogen-bond donors (Lipinski definition) is 3. The second kappa shape index (κ2) is 5.56. The van der Waals surface area contributed by atoms with Gasteiger partial charge in [0, 0.05) is 13.1 Å². The lowest BCUT2D eigenvalue weighted by molar-refractivity contribution is -0.151. The van der Waals surface area contributed by atoms with E-state index in [1.54, 1.807) is 11.8 Å². The van der Waals surface area contributed by atoms with Gasteiger partial charge in [-0.05, 0) is 19.3 Å². The maximum atomic E-state index is 11.7. The average molecular weight is 271 g/mol. The molecule has 0 bridgehead atoms. The molecular formula is C12H21N3O4. The van der Waals surface area contributed by atoms with Gasteiger partial charge in [-0.25, -0.2) is 4.79 Å². The quantitative estimate of drug-likeness (QED) is 0.666. The Morgan fingerprint density at radius 1 is 1.32 bits per heavy atom. The molecule has 0 aliphatic carbocycles. The van der Waals surface area contributed by atoms with E-state index in [1.165, 1.54) is 0 Å². The van der Waals surface area contributed by atoms with Crippen molar-refractivity contribution in [3.8, 4) is 0 Å². The molecule has 1 rings (SSSR count). The molecule has 2 unspecified atom stereocenters. The highest BCUT2D eigenvalue weighted by atomic mass is 16.4. The van der Waals surface area contributed by atoms with Crippen LogP contribution in [0.3, 0.4) is 0 Å². The zero-order valence-corrected chi connectivity index (χ0v) is 11.5. The number of nitrogens with one attached hydrogen (secondary N) is 1. The summed E-state index contributed by atoms with van der Waals surface area (Å²) in [5.74, 6) is -1.37. The summed E-state index contributed by atoms with van der Waals surface area (Å²) < 4.78 is 0. The maximum absolute atomic E-state index is 11.7. The van der Waals surface area contributed by atoms with Crippen molar-refractivity contribution in [1.82, 2.24) is 10.2 Å². The fraction of sp³-hybridized carbons (Fsp3) is 0.750. The number of carboxylic acid groups (broad SMARTS) is 1. The highest BCUT2D eigenvalue weighted by molar-refractivity contribution is 5.96. The Labute approximate surface area is 112 Å². The Morgan fingerprint density at radius 3 is 2.26 bits per heavy atom. The van der Waals surface area contributed by atoms with Crippen molar-refractivity contribution in [3.63, 3.8) is 0 Å². The number of urea groups is 1. The molecule has 1 saturated heterocycles. The molecule has 19 heavy (non-hydrogen) atoms.